The van der Waals surface area contributed by atoms with Gasteiger partial charge in [0.1, 0.15) is 16.9 Å². The zero-order chi connectivity index (χ0) is 19.3. The van der Waals surface area contributed by atoms with E-state index in [1.54, 1.807) is 38.5 Å². The number of hydrogen-bond acceptors (Lipinski definition) is 4. The average molecular weight is 368 g/mol. The molecule has 1 fully saturated rings. The number of anilines is 1. The molecule has 3 rings (SSSR count). The predicted molar refractivity (Wildman–Crippen MR) is 103 cm³/mol. The van der Waals surface area contributed by atoms with Crippen LogP contribution >= 0.6 is 0 Å². The maximum Gasteiger partial charge on any atom is 0.240 e. The maximum absolute atomic E-state index is 12.6. The first-order valence-electron chi connectivity index (χ1n) is 8.95. The first kappa shape index (κ1) is 18.8. The number of hydrogen-bond donors (Lipinski definition) is 2. The highest BCUT2D eigenvalue weighted by Crippen LogP contribution is 2.46. The highest BCUT2D eigenvalue weighted by Gasteiger charge is 2.56. The summed E-state index contributed by atoms with van der Waals surface area (Å²) in [5.74, 6) is 0.950. The molecule has 0 saturated heterocycles. The molecule has 0 atom stereocenters. The van der Waals surface area contributed by atoms with Crippen LogP contribution in [-0.2, 0) is 16.0 Å². The van der Waals surface area contributed by atoms with Crippen LogP contribution in [0.3, 0.4) is 0 Å². The Kier molecular flexibility index (Phi) is 5.64. The number of carbonyl (C=O) groups is 2. The van der Waals surface area contributed by atoms with E-state index in [4.69, 9.17) is 9.47 Å². The molecule has 0 bridgehead atoms. The van der Waals surface area contributed by atoms with Crippen molar-refractivity contribution >= 4 is 17.5 Å². The number of para-hydroxylation sites is 1. The molecule has 1 aliphatic rings. The van der Waals surface area contributed by atoms with Gasteiger partial charge in [0.15, 0.2) is 0 Å². The Morgan fingerprint density at radius 1 is 1.00 bits per heavy atom. The van der Waals surface area contributed by atoms with Crippen molar-refractivity contribution in [1.29, 1.82) is 0 Å². The van der Waals surface area contributed by atoms with Gasteiger partial charge in [-0.2, -0.15) is 0 Å². The SMILES string of the molecule is COc1cccc(NC(=O)C2(C(=O)NCCc3ccccc3OC)CC2)c1. The van der Waals surface area contributed by atoms with Crippen molar-refractivity contribution in [3.8, 4) is 11.5 Å². The molecule has 6 nitrogen and oxygen atoms in total. The minimum atomic E-state index is -0.968. The molecule has 1 aliphatic carbocycles. The summed E-state index contributed by atoms with van der Waals surface area (Å²) in [5, 5.41) is 5.72. The van der Waals surface area contributed by atoms with Gasteiger partial charge in [0.25, 0.3) is 0 Å². The number of rotatable bonds is 8. The van der Waals surface area contributed by atoms with Gasteiger partial charge in [0, 0.05) is 18.3 Å². The van der Waals surface area contributed by atoms with E-state index in [1.807, 2.05) is 24.3 Å². The van der Waals surface area contributed by atoms with Crippen LogP contribution in [0.25, 0.3) is 0 Å². The molecule has 142 valence electrons. The monoisotopic (exact) mass is 368 g/mol. The van der Waals surface area contributed by atoms with Crippen molar-refractivity contribution in [1.82, 2.24) is 5.32 Å². The molecular weight excluding hydrogens is 344 g/mol. The van der Waals surface area contributed by atoms with Crippen LogP contribution in [0, 0.1) is 5.41 Å². The fraction of sp³-hybridized carbons (Fsp3) is 0.333. The summed E-state index contributed by atoms with van der Waals surface area (Å²) in [5.41, 5.74) is 0.669. The third-order valence-electron chi connectivity index (χ3n) is 4.82. The van der Waals surface area contributed by atoms with Crippen LogP contribution in [0.2, 0.25) is 0 Å². The number of carbonyl (C=O) groups excluding carboxylic acids is 2. The average Bonchev–Trinajstić information content (AvgIpc) is 3.50. The summed E-state index contributed by atoms with van der Waals surface area (Å²) in [6.07, 6.45) is 1.76. The first-order valence-corrected chi connectivity index (χ1v) is 8.95. The Bertz CT molecular complexity index is 830. The number of amides is 2. The molecule has 0 unspecified atom stereocenters. The molecule has 1 saturated carbocycles. The van der Waals surface area contributed by atoms with E-state index < -0.39 is 5.41 Å². The van der Waals surface area contributed by atoms with Gasteiger partial charge in [0.2, 0.25) is 11.8 Å². The lowest BCUT2D eigenvalue weighted by molar-refractivity contribution is -0.134. The van der Waals surface area contributed by atoms with E-state index in [1.165, 1.54) is 0 Å². The normalized spacial score (nSPS) is 14.1. The van der Waals surface area contributed by atoms with E-state index >= 15 is 0 Å². The zero-order valence-corrected chi connectivity index (χ0v) is 15.6. The van der Waals surface area contributed by atoms with Crippen molar-refractivity contribution in [2.24, 2.45) is 5.41 Å². The summed E-state index contributed by atoms with van der Waals surface area (Å²) in [7, 11) is 3.19. The summed E-state index contributed by atoms with van der Waals surface area (Å²) in [6.45, 7) is 0.452. The quantitative estimate of drug-likeness (QED) is 0.703. The number of methoxy groups -OCH3 is 2. The van der Waals surface area contributed by atoms with Gasteiger partial charge >= 0.3 is 0 Å². The first-order chi connectivity index (χ1) is 13.1. The molecule has 6 heteroatoms. The van der Waals surface area contributed by atoms with E-state index in [0.29, 0.717) is 37.2 Å². The third kappa shape index (κ3) is 4.22. The highest BCUT2D eigenvalue weighted by molar-refractivity contribution is 6.13. The van der Waals surface area contributed by atoms with Crippen LogP contribution in [0.4, 0.5) is 5.69 Å². The molecule has 2 aromatic rings. The van der Waals surface area contributed by atoms with Crippen molar-refractivity contribution in [2.45, 2.75) is 19.3 Å². The van der Waals surface area contributed by atoms with Crippen molar-refractivity contribution in [2.75, 3.05) is 26.1 Å². The summed E-state index contributed by atoms with van der Waals surface area (Å²) in [6, 6.07) is 14.8. The van der Waals surface area contributed by atoms with Crippen LogP contribution in [-0.4, -0.2) is 32.6 Å². The third-order valence-corrected chi connectivity index (χ3v) is 4.82. The van der Waals surface area contributed by atoms with Crippen LogP contribution in [0.1, 0.15) is 18.4 Å². The lowest BCUT2D eigenvalue weighted by atomic mass is 10.0. The summed E-state index contributed by atoms with van der Waals surface area (Å²) < 4.78 is 10.5. The lowest BCUT2D eigenvalue weighted by Crippen LogP contribution is -2.40. The second-order valence-corrected chi connectivity index (χ2v) is 6.59. The van der Waals surface area contributed by atoms with Gasteiger partial charge in [-0.05, 0) is 43.0 Å². The van der Waals surface area contributed by atoms with E-state index in [2.05, 4.69) is 10.6 Å². The van der Waals surface area contributed by atoms with Gasteiger partial charge in [-0.25, -0.2) is 0 Å². The maximum atomic E-state index is 12.6. The van der Waals surface area contributed by atoms with Crippen LogP contribution < -0.4 is 20.1 Å². The van der Waals surface area contributed by atoms with E-state index in [0.717, 1.165) is 11.3 Å². The molecule has 0 radical (unpaired) electrons. The van der Waals surface area contributed by atoms with Crippen molar-refractivity contribution < 1.29 is 19.1 Å². The number of ether oxygens (including phenoxy) is 2. The largest absolute Gasteiger partial charge is 0.497 e. The number of benzene rings is 2. The van der Waals surface area contributed by atoms with Crippen molar-refractivity contribution in [3.05, 3.63) is 54.1 Å². The molecule has 2 aromatic carbocycles. The lowest BCUT2D eigenvalue weighted by Gasteiger charge is -2.16. The van der Waals surface area contributed by atoms with Gasteiger partial charge in [-0.1, -0.05) is 24.3 Å². The van der Waals surface area contributed by atoms with Crippen LogP contribution in [0.15, 0.2) is 48.5 Å². The smallest absolute Gasteiger partial charge is 0.240 e. The molecule has 2 amide bonds. The molecule has 0 aliphatic heterocycles. The molecular formula is C21H24N2O4. The Hall–Kier alpha value is -3.02. The Morgan fingerprint density at radius 2 is 1.78 bits per heavy atom. The van der Waals surface area contributed by atoms with Gasteiger partial charge < -0.3 is 20.1 Å². The molecule has 0 spiro atoms. The van der Waals surface area contributed by atoms with Gasteiger partial charge in [-0.15, -0.1) is 0 Å². The highest BCUT2D eigenvalue weighted by atomic mass is 16.5. The van der Waals surface area contributed by atoms with Gasteiger partial charge in [0.05, 0.1) is 14.2 Å². The second-order valence-electron chi connectivity index (χ2n) is 6.59. The second kappa shape index (κ2) is 8.12. The fourth-order valence-electron chi connectivity index (χ4n) is 3.02. The van der Waals surface area contributed by atoms with E-state index in [9.17, 15) is 9.59 Å². The minimum absolute atomic E-state index is 0.224. The Labute approximate surface area is 158 Å². The Balaban J connectivity index is 1.56. The van der Waals surface area contributed by atoms with Crippen LogP contribution in [0.5, 0.6) is 11.5 Å². The summed E-state index contributed by atoms with van der Waals surface area (Å²) in [4.78, 5) is 25.2. The molecule has 27 heavy (non-hydrogen) atoms. The Morgan fingerprint density at radius 3 is 2.48 bits per heavy atom. The van der Waals surface area contributed by atoms with Crippen molar-refractivity contribution in [3.63, 3.8) is 0 Å². The summed E-state index contributed by atoms with van der Waals surface area (Å²) >= 11 is 0. The van der Waals surface area contributed by atoms with Gasteiger partial charge in [-0.3, -0.25) is 9.59 Å². The fourth-order valence-corrected chi connectivity index (χ4v) is 3.02. The topological polar surface area (TPSA) is 76.7 Å². The zero-order valence-electron chi connectivity index (χ0n) is 15.6. The molecule has 2 N–H and O–H groups in total. The minimum Gasteiger partial charge on any atom is -0.497 e. The molecule has 0 heterocycles. The standard InChI is InChI=1S/C21H24N2O4/c1-26-17-8-5-7-16(14-17)23-20(25)21(11-12-21)19(24)22-13-10-15-6-3-4-9-18(15)27-2/h3-9,14H,10-13H2,1-2H3,(H,22,24)(H,23,25). The predicted octanol–water partition coefficient (Wildman–Crippen LogP) is 2.78. The van der Waals surface area contributed by atoms with E-state index in [-0.39, 0.29) is 11.8 Å². The number of nitrogens with one attached hydrogen (secondary N) is 2. The molecule has 0 aromatic heterocycles.